The summed E-state index contributed by atoms with van der Waals surface area (Å²) < 4.78 is 13.1. The molecular formula is C37H29BO2. The number of ether oxygens (including phenoxy) is 2. The Kier molecular flexibility index (Phi) is 6.13. The van der Waals surface area contributed by atoms with Crippen LogP contribution in [0.3, 0.4) is 0 Å². The summed E-state index contributed by atoms with van der Waals surface area (Å²) in [6.45, 7) is 4.34. The number of para-hydroxylation sites is 2. The van der Waals surface area contributed by atoms with Gasteiger partial charge in [-0.15, -0.1) is 0 Å². The third kappa shape index (κ3) is 4.15. The summed E-state index contributed by atoms with van der Waals surface area (Å²) in [6.07, 6.45) is 7.61. The zero-order chi connectivity index (χ0) is 27.1. The average molecular weight is 516 g/mol. The molecule has 2 nitrogen and oxygen atoms in total. The van der Waals surface area contributed by atoms with Crippen molar-refractivity contribution in [3.63, 3.8) is 0 Å². The van der Waals surface area contributed by atoms with Crippen molar-refractivity contribution >= 4 is 28.7 Å². The maximum atomic E-state index is 6.57. The van der Waals surface area contributed by atoms with Gasteiger partial charge < -0.3 is 9.47 Å². The van der Waals surface area contributed by atoms with Gasteiger partial charge >= 0.3 is 0 Å². The summed E-state index contributed by atoms with van der Waals surface area (Å²) in [5.41, 5.74) is 10.4. The maximum absolute atomic E-state index is 6.57. The number of hydrogen-bond acceptors (Lipinski definition) is 2. The predicted molar refractivity (Wildman–Crippen MR) is 168 cm³/mol. The molecule has 0 saturated carbocycles. The first-order valence-corrected chi connectivity index (χ1v) is 14.0. The Hall–Kier alpha value is -4.76. The lowest BCUT2D eigenvalue weighted by Gasteiger charge is -2.33. The SMILES string of the molecule is C/C=C(\C=C/CC)c1cc(-c2ccccc2)cc(-c2cc3c4c(c2)Oc2ccccc2B4c2ccccc2O3)c1. The van der Waals surface area contributed by atoms with E-state index in [2.05, 4.69) is 129 Å². The van der Waals surface area contributed by atoms with Crippen LogP contribution in [0, 0.1) is 0 Å². The molecular weight excluding hydrogens is 487 g/mol. The number of allylic oxidation sites excluding steroid dienone is 4. The van der Waals surface area contributed by atoms with Crippen LogP contribution >= 0.6 is 0 Å². The lowest BCUT2D eigenvalue weighted by molar-refractivity contribution is 0.465. The van der Waals surface area contributed by atoms with Gasteiger partial charge in [-0.2, -0.15) is 0 Å². The standard InChI is InChI=1S/C37H29BO2/c1-3-5-13-25(4-2)27-20-28(26-14-7-6-8-15-26)22-29(21-27)30-23-35-37-36(24-30)40-34-19-12-10-17-32(34)38(37)31-16-9-11-18-33(31)39-35/h4-24H,3H2,1-2H3/b13-5-,25-4+. The zero-order valence-corrected chi connectivity index (χ0v) is 22.7. The van der Waals surface area contributed by atoms with Crippen LogP contribution in [0.5, 0.6) is 23.0 Å². The molecule has 0 atom stereocenters. The topological polar surface area (TPSA) is 18.5 Å². The average Bonchev–Trinajstić information content (AvgIpc) is 3.01. The molecule has 0 aromatic heterocycles. The van der Waals surface area contributed by atoms with Crippen molar-refractivity contribution in [2.75, 3.05) is 0 Å². The summed E-state index contributed by atoms with van der Waals surface area (Å²) in [6, 6.07) is 38.5. The molecule has 0 fully saturated rings. The van der Waals surface area contributed by atoms with E-state index in [-0.39, 0.29) is 6.71 Å². The summed E-state index contributed by atoms with van der Waals surface area (Å²) in [5, 5.41) is 0. The molecule has 2 heterocycles. The smallest absolute Gasteiger partial charge is 0.260 e. The van der Waals surface area contributed by atoms with Gasteiger partial charge in [0.25, 0.3) is 6.71 Å². The quantitative estimate of drug-likeness (QED) is 0.170. The first-order valence-electron chi connectivity index (χ1n) is 14.0. The van der Waals surface area contributed by atoms with Crippen molar-refractivity contribution < 1.29 is 9.47 Å². The van der Waals surface area contributed by atoms with Crippen molar-refractivity contribution in [3.8, 4) is 45.3 Å². The van der Waals surface area contributed by atoms with Gasteiger partial charge in [0.1, 0.15) is 23.0 Å². The van der Waals surface area contributed by atoms with Crippen LogP contribution in [0.2, 0.25) is 0 Å². The number of benzene rings is 5. The summed E-state index contributed by atoms with van der Waals surface area (Å²) in [7, 11) is 0. The molecule has 0 amide bonds. The molecule has 0 N–H and O–H groups in total. The van der Waals surface area contributed by atoms with Crippen LogP contribution in [0.15, 0.2) is 127 Å². The molecule has 2 aliphatic heterocycles. The molecule has 0 radical (unpaired) electrons. The Morgan fingerprint density at radius 1 is 0.625 bits per heavy atom. The van der Waals surface area contributed by atoms with Crippen LogP contribution < -0.4 is 25.9 Å². The molecule has 2 aliphatic rings. The Bertz CT molecular complexity index is 1730. The number of rotatable bonds is 5. The van der Waals surface area contributed by atoms with Crippen molar-refractivity contribution in [2.45, 2.75) is 20.3 Å². The van der Waals surface area contributed by atoms with E-state index in [4.69, 9.17) is 9.47 Å². The Labute approximate surface area is 236 Å². The molecule has 0 saturated heterocycles. The van der Waals surface area contributed by atoms with Crippen LogP contribution in [0.25, 0.3) is 27.8 Å². The van der Waals surface area contributed by atoms with Crippen molar-refractivity contribution in [1.29, 1.82) is 0 Å². The van der Waals surface area contributed by atoms with Gasteiger partial charge in [0, 0.05) is 5.46 Å². The molecule has 192 valence electrons. The normalized spacial score (nSPS) is 13.2. The van der Waals surface area contributed by atoms with Crippen molar-refractivity contribution in [1.82, 2.24) is 0 Å². The fourth-order valence-corrected chi connectivity index (χ4v) is 5.92. The van der Waals surface area contributed by atoms with Crippen LogP contribution in [-0.2, 0) is 0 Å². The Morgan fingerprint density at radius 3 is 1.77 bits per heavy atom. The van der Waals surface area contributed by atoms with E-state index >= 15 is 0 Å². The highest BCUT2D eigenvalue weighted by Crippen LogP contribution is 2.39. The molecule has 5 aromatic rings. The highest BCUT2D eigenvalue weighted by Gasteiger charge is 2.40. The van der Waals surface area contributed by atoms with E-state index in [9.17, 15) is 0 Å². The third-order valence-electron chi connectivity index (χ3n) is 7.84. The fraction of sp³-hybridized carbons (Fsp3) is 0.0811. The van der Waals surface area contributed by atoms with Crippen molar-refractivity contribution in [3.05, 3.63) is 133 Å². The maximum Gasteiger partial charge on any atom is 0.260 e. The first kappa shape index (κ1) is 24.3. The minimum Gasteiger partial charge on any atom is -0.458 e. The third-order valence-corrected chi connectivity index (χ3v) is 7.84. The lowest BCUT2D eigenvalue weighted by Crippen LogP contribution is -2.57. The first-order chi connectivity index (χ1) is 19.7. The highest BCUT2D eigenvalue weighted by molar-refractivity contribution is 6.98. The van der Waals surface area contributed by atoms with Gasteiger partial charge in [-0.25, -0.2) is 0 Å². The van der Waals surface area contributed by atoms with Crippen molar-refractivity contribution in [2.24, 2.45) is 0 Å². The molecule has 0 unspecified atom stereocenters. The molecule has 40 heavy (non-hydrogen) atoms. The molecule has 7 rings (SSSR count). The van der Waals surface area contributed by atoms with Gasteiger partial charge in [0.2, 0.25) is 0 Å². The molecule has 3 heteroatoms. The van der Waals surface area contributed by atoms with Gasteiger partial charge in [-0.1, -0.05) is 91.9 Å². The fourth-order valence-electron chi connectivity index (χ4n) is 5.92. The van der Waals surface area contributed by atoms with Gasteiger partial charge in [0.05, 0.1) is 0 Å². The van der Waals surface area contributed by atoms with E-state index in [1.807, 2.05) is 12.1 Å². The number of fused-ring (bicyclic) bond motifs is 4. The Morgan fingerprint density at radius 2 is 1.18 bits per heavy atom. The minimum atomic E-state index is 0.0778. The second kappa shape index (κ2) is 10.1. The van der Waals surface area contributed by atoms with E-state index in [0.29, 0.717) is 0 Å². The van der Waals surface area contributed by atoms with E-state index in [0.717, 1.165) is 46.0 Å². The largest absolute Gasteiger partial charge is 0.458 e. The van der Waals surface area contributed by atoms with Crippen LogP contribution in [0.1, 0.15) is 25.8 Å². The summed E-state index contributed by atoms with van der Waals surface area (Å²) in [4.78, 5) is 0. The van der Waals surface area contributed by atoms with Crippen LogP contribution in [-0.4, -0.2) is 6.71 Å². The van der Waals surface area contributed by atoms with Gasteiger partial charge in [0.15, 0.2) is 0 Å². The minimum absolute atomic E-state index is 0.0778. The van der Waals surface area contributed by atoms with Gasteiger partial charge in [-0.3, -0.25) is 0 Å². The van der Waals surface area contributed by atoms with E-state index < -0.39 is 0 Å². The van der Waals surface area contributed by atoms with Crippen LogP contribution in [0.4, 0.5) is 0 Å². The molecule has 0 bridgehead atoms. The summed E-state index contributed by atoms with van der Waals surface area (Å²) in [5.74, 6) is 3.52. The second-order valence-electron chi connectivity index (χ2n) is 10.3. The second-order valence-corrected chi connectivity index (χ2v) is 10.3. The Balaban J connectivity index is 1.43. The van der Waals surface area contributed by atoms with Gasteiger partial charge in [-0.05, 0) is 100 Å². The molecule has 5 aromatic carbocycles. The zero-order valence-electron chi connectivity index (χ0n) is 22.7. The molecule has 0 aliphatic carbocycles. The highest BCUT2D eigenvalue weighted by atomic mass is 16.5. The monoisotopic (exact) mass is 516 g/mol. The predicted octanol–water partition coefficient (Wildman–Crippen LogP) is 8.12. The lowest BCUT2D eigenvalue weighted by atomic mass is 9.35. The molecule has 0 spiro atoms. The van der Waals surface area contributed by atoms with E-state index in [1.165, 1.54) is 33.2 Å². The summed E-state index contributed by atoms with van der Waals surface area (Å²) >= 11 is 0. The number of hydrogen-bond donors (Lipinski definition) is 0. The van der Waals surface area contributed by atoms with E-state index in [1.54, 1.807) is 0 Å².